The lowest BCUT2D eigenvalue weighted by Crippen LogP contribution is -2.36. The van der Waals surface area contributed by atoms with Gasteiger partial charge in [-0.25, -0.2) is 13.2 Å². The number of carbonyl (C=O) groups excluding carboxylic acids is 1. The Kier molecular flexibility index (Phi) is 6.16. The molecule has 1 saturated heterocycles. The van der Waals surface area contributed by atoms with Crippen molar-refractivity contribution in [1.29, 1.82) is 0 Å². The van der Waals surface area contributed by atoms with E-state index in [-0.39, 0.29) is 23.5 Å². The van der Waals surface area contributed by atoms with Crippen molar-refractivity contribution in [2.75, 3.05) is 25.0 Å². The van der Waals surface area contributed by atoms with Gasteiger partial charge in [0.15, 0.2) is 0 Å². The molecule has 1 heterocycles. The van der Waals surface area contributed by atoms with Gasteiger partial charge in [0.25, 0.3) is 0 Å². The van der Waals surface area contributed by atoms with E-state index in [2.05, 4.69) is 10.6 Å². The molecule has 0 radical (unpaired) electrons. The van der Waals surface area contributed by atoms with Gasteiger partial charge in [0, 0.05) is 19.6 Å². The second-order valence-corrected chi connectivity index (χ2v) is 7.39. The zero-order valence-corrected chi connectivity index (χ0v) is 14.0. The van der Waals surface area contributed by atoms with Crippen LogP contribution in [0.5, 0.6) is 0 Å². The van der Waals surface area contributed by atoms with Crippen molar-refractivity contribution in [3.63, 3.8) is 0 Å². The fourth-order valence-electron chi connectivity index (χ4n) is 2.49. The van der Waals surface area contributed by atoms with Gasteiger partial charge in [0.05, 0.1) is 12.1 Å². The minimum Gasteiger partial charge on any atom is -0.481 e. The quantitative estimate of drug-likeness (QED) is 0.714. The third kappa shape index (κ3) is 4.68. The van der Waals surface area contributed by atoms with Crippen LogP contribution in [0.4, 0.5) is 10.5 Å². The van der Waals surface area contributed by atoms with Crippen molar-refractivity contribution in [2.45, 2.75) is 30.6 Å². The van der Waals surface area contributed by atoms with E-state index >= 15 is 0 Å². The Labute approximate surface area is 140 Å². The fraction of sp³-hybridized carbons (Fsp3) is 0.467. The molecule has 2 amide bonds. The first-order valence-electron chi connectivity index (χ1n) is 7.77. The number of carboxylic acid groups (broad SMARTS) is 1. The van der Waals surface area contributed by atoms with Gasteiger partial charge in [-0.15, -0.1) is 0 Å². The van der Waals surface area contributed by atoms with Gasteiger partial charge in [-0.05, 0) is 25.0 Å². The standard InChI is InChI=1S/C15H21N3O5S/c19-14(20)8-9-16-15(21)17-12-6-2-3-7-13(12)24(22,23)18-10-4-1-5-11-18/h2-3,6-7H,1,4-5,8-11H2,(H,19,20)(H2,16,17,21). The number of nitrogens with one attached hydrogen (secondary N) is 2. The molecule has 3 N–H and O–H groups in total. The van der Waals surface area contributed by atoms with Crippen LogP contribution in [-0.4, -0.2) is 49.5 Å². The van der Waals surface area contributed by atoms with Gasteiger partial charge in [-0.1, -0.05) is 18.6 Å². The van der Waals surface area contributed by atoms with Crippen molar-refractivity contribution < 1.29 is 23.1 Å². The number of benzene rings is 1. The molecular weight excluding hydrogens is 334 g/mol. The lowest BCUT2D eigenvalue weighted by atomic mass is 10.2. The van der Waals surface area contributed by atoms with E-state index in [1.54, 1.807) is 12.1 Å². The maximum atomic E-state index is 12.8. The SMILES string of the molecule is O=C(O)CCNC(=O)Nc1ccccc1S(=O)(=O)N1CCCCC1. The van der Waals surface area contributed by atoms with Gasteiger partial charge in [-0.2, -0.15) is 4.31 Å². The summed E-state index contributed by atoms with van der Waals surface area (Å²) in [6.07, 6.45) is 2.45. The summed E-state index contributed by atoms with van der Waals surface area (Å²) in [5.74, 6) is -1.02. The number of piperidine rings is 1. The molecular formula is C15H21N3O5S. The van der Waals surface area contributed by atoms with Crippen molar-refractivity contribution in [2.24, 2.45) is 0 Å². The molecule has 1 aliphatic heterocycles. The average Bonchev–Trinajstić information content (AvgIpc) is 2.55. The molecule has 24 heavy (non-hydrogen) atoms. The van der Waals surface area contributed by atoms with Crippen LogP contribution in [0.1, 0.15) is 25.7 Å². The third-order valence-electron chi connectivity index (χ3n) is 3.69. The maximum Gasteiger partial charge on any atom is 0.319 e. The van der Waals surface area contributed by atoms with Gasteiger partial charge < -0.3 is 15.7 Å². The molecule has 2 rings (SSSR count). The number of sulfonamides is 1. The summed E-state index contributed by atoms with van der Waals surface area (Å²) >= 11 is 0. The first-order valence-corrected chi connectivity index (χ1v) is 9.21. The molecule has 0 atom stereocenters. The number of anilines is 1. The van der Waals surface area contributed by atoms with E-state index < -0.39 is 22.0 Å². The topological polar surface area (TPSA) is 116 Å². The Morgan fingerprint density at radius 1 is 1.12 bits per heavy atom. The van der Waals surface area contributed by atoms with Crippen LogP contribution < -0.4 is 10.6 Å². The van der Waals surface area contributed by atoms with Gasteiger partial charge in [0.1, 0.15) is 4.90 Å². The number of urea groups is 1. The van der Waals surface area contributed by atoms with Crippen LogP contribution in [0.2, 0.25) is 0 Å². The van der Waals surface area contributed by atoms with Gasteiger partial charge in [-0.3, -0.25) is 4.79 Å². The summed E-state index contributed by atoms with van der Waals surface area (Å²) in [5.41, 5.74) is 0.177. The van der Waals surface area contributed by atoms with E-state index in [9.17, 15) is 18.0 Å². The van der Waals surface area contributed by atoms with Crippen molar-refractivity contribution in [3.05, 3.63) is 24.3 Å². The number of hydrogen-bond acceptors (Lipinski definition) is 4. The van der Waals surface area contributed by atoms with E-state index in [0.717, 1.165) is 19.3 Å². The minimum atomic E-state index is -3.68. The van der Waals surface area contributed by atoms with Gasteiger partial charge >= 0.3 is 12.0 Å². The van der Waals surface area contributed by atoms with Gasteiger partial charge in [0.2, 0.25) is 10.0 Å². The molecule has 0 spiro atoms. The van der Waals surface area contributed by atoms with Crippen molar-refractivity contribution in [3.8, 4) is 0 Å². The number of carboxylic acids is 1. The number of hydrogen-bond donors (Lipinski definition) is 3. The van der Waals surface area contributed by atoms with E-state index in [1.807, 2.05) is 0 Å². The Morgan fingerprint density at radius 3 is 2.46 bits per heavy atom. The lowest BCUT2D eigenvalue weighted by Gasteiger charge is -2.26. The van der Waals surface area contributed by atoms with Crippen molar-refractivity contribution in [1.82, 2.24) is 9.62 Å². The summed E-state index contributed by atoms with van der Waals surface area (Å²) < 4.78 is 27.0. The minimum absolute atomic E-state index is 0.0395. The first kappa shape index (κ1) is 18.2. The number of nitrogens with zero attached hydrogens (tertiary/aromatic N) is 1. The molecule has 0 bridgehead atoms. The molecule has 132 valence electrons. The normalized spacial score (nSPS) is 15.7. The highest BCUT2D eigenvalue weighted by Gasteiger charge is 2.28. The molecule has 1 aromatic rings. The van der Waals surface area contributed by atoms with Crippen LogP contribution in [0, 0.1) is 0 Å². The Balaban J connectivity index is 2.12. The summed E-state index contributed by atoms with van der Waals surface area (Å²) in [5, 5.41) is 13.4. The number of aliphatic carboxylic acids is 1. The average molecular weight is 355 g/mol. The second kappa shape index (κ2) is 8.11. The number of amides is 2. The molecule has 0 unspecified atom stereocenters. The monoisotopic (exact) mass is 355 g/mol. The summed E-state index contributed by atoms with van der Waals surface area (Å²) in [7, 11) is -3.68. The molecule has 0 aliphatic carbocycles. The molecule has 1 fully saturated rings. The predicted octanol–water partition coefficient (Wildman–Crippen LogP) is 1.46. The zero-order chi connectivity index (χ0) is 17.6. The van der Waals surface area contributed by atoms with E-state index in [1.165, 1.54) is 16.4 Å². The second-order valence-electron chi connectivity index (χ2n) is 5.49. The molecule has 0 saturated carbocycles. The molecule has 9 heteroatoms. The van der Waals surface area contributed by atoms with Crippen LogP contribution in [0.3, 0.4) is 0 Å². The molecule has 1 aromatic carbocycles. The summed E-state index contributed by atoms with van der Waals surface area (Å²) in [4.78, 5) is 22.3. The highest BCUT2D eigenvalue weighted by atomic mass is 32.2. The Morgan fingerprint density at radius 2 is 1.79 bits per heavy atom. The van der Waals surface area contributed by atoms with Crippen LogP contribution in [0.25, 0.3) is 0 Å². The number of para-hydroxylation sites is 1. The van der Waals surface area contributed by atoms with Crippen molar-refractivity contribution >= 4 is 27.7 Å². The lowest BCUT2D eigenvalue weighted by molar-refractivity contribution is -0.136. The van der Waals surface area contributed by atoms with E-state index in [0.29, 0.717) is 13.1 Å². The predicted molar refractivity (Wildman–Crippen MR) is 88.3 cm³/mol. The largest absolute Gasteiger partial charge is 0.481 e. The fourth-order valence-corrected chi connectivity index (χ4v) is 4.15. The van der Waals surface area contributed by atoms with Crippen LogP contribution in [0.15, 0.2) is 29.2 Å². The Hall–Kier alpha value is -2.13. The summed E-state index contributed by atoms with van der Waals surface area (Å²) in [6, 6.07) is 5.55. The zero-order valence-electron chi connectivity index (χ0n) is 13.2. The first-order chi connectivity index (χ1) is 11.4. The Bertz CT molecular complexity index is 699. The number of carbonyl (C=O) groups is 2. The number of rotatable bonds is 6. The molecule has 0 aromatic heterocycles. The maximum absolute atomic E-state index is 12.8. The summed E-state index contributed by atoms with van der Waals surface area (Å²) in [6.45, 7) is 0.908. The molecule has 8 nitrogen and oxygen atoms in total. The van der Waals surface area contributed by atoms with Crippen LogP contribution >= 0.6 is 0 Å². The molecule has 1 aliphatic rings. The van der Waals surface area contributed by atoms with E-state index in [4.69, 9.17) is 5.11 Å². The highest BCUT2D eigenvalue weighted by molar-refractivity contribution is 7.89. The van der Waals surface area contributed by atoms with Crippen LogP contribution in [-0.2, 0) is 14.8 Å². The smallest absolute Gasteiger partial charge is 0.319 e. The third-order valence-corrected chi connectivity index (χ3v) is 5.65. The highest BCUT2D eigenvalue weighted by Crippen LogP contribution is 2.26.